The molecule has 2 aromatic rings. The molecule has 0 fully saturated rings. The van der Waals surface area contributed by atoms with E-state index in [2.05, 4.69) is 20.7 Å². The van der Waals surface area contributed by atoms with Crippen molar-refractivity contribution in [2.24, 2.45) is 7.05 Å². The van der Waals surface area contributed by atoms with Crippen molar-refractivity contribution in [3.05, 3.63) is 47.5 Å². The molecular weight excluding hydrogens is 270 g/mol. The van der Waals surface area contributed by atoms with Gasteiger partial charge >= 0.3 is 6.03 Å². The van der Waals surface area contributed by atoms with Gasteiger partial charge in [0.25, 0.3) is 0 Å². The second-order valence-electron chi connectivity index (χ2n) is 4.74. The average Bonchev–Trinajstić information content (AvgIpc) is 2.88. The van der Waals surface area contributed by atoms with E-state index >= 15 is 0 Å². The number of aliphatic hydroxyl groups is 1. The number of urea groups is 1. The Labute approximate surface area is 123 Å². The van der Waals surface area contributed by atoms with E-state index in [1.54, 1.807) is 11.7 Å². The van der Waals surface area contributed by atoms with Crippen LogP contribution in [0.3, 0.4) is 0 Å². The quantitative estimate of drug-likeness (QED) is 0.754. The lowest BCUT2D eigenvalue weighted by molar-refractivity contribution is 0.172. The molecule has 21 heavy (non-hydrogen) atoms. The number of benzene rings is 1. The highest BCUT2D eigenvalue weighted by Gasteiger charge is 2.11. The molecule has 0 aliphatic rings. The Morgan fingerprint density at radius 1 is 1.38 bits per heavy atom. The molecule has 0 radical (unpaired) electrons. The number of rotatable bonds is 5. The molecule has 2 rings (SSSR count). The van der Waals surface area contributed by atoms with Crippen molar-refractivity contribution in [1.82, 2.24) is 25.4 Å². The molecule has 1 unspecified atom stereocenters. The summed E-state index contributed by atoms with van der Waals surface area (Å²) in [5.41, 5.74) is 1.80. The van der Waals surface area contributed by atoms with Gasteiger partial charge < -0.3 is 15.7 Å². The predicted molar refractivity (Wildman–Crippen MR) is 77.4 cm³/mol. The van der Waals surface area contributed by atoms with Crippen molar-refractivity contribution in [1.29, 1.82) is 0 Å². The zero-order valence-electron chi connectivity index (χ0n) is 12.1. The first-order valence-corrected chi connectivity index (χ1v) is 6.66. The fraction of sp³-hybridized carbons (Fsp3) is 0.357. The normalized spacial score (nSPS) is 12.0. The Kier molecular flexibility index (Phi) is 4.89. The first-order chi connectivity index (χ1) is 10.1. The number of hydrogen-bond acceptors (Lipinski definition) is 4. The highest BCUT2D eigenvalue weighted by Crippen LogP contribution is 2.15. The maximum absolute atomic E-state index is 11.7. The summed E-state index contributed by atoms with van der Waals surface area (Å²) in [7, 11) is 1.75. The molecule has 0 aliphatic carbocycles. The minimum atomic E-state index is -0.730. The van der Waals surface area contributed by atoms with E-state index in [1.807, 2.05) is 31.2 Å². The highest BCUT2D eigenvalue weighted by molar-refractivity contribution is 5.73. The van der Waals surface area contributed by atoms with Crippen LogP contribution < -0.4 is 10.6 Å². The van der Waals surface area contributed by atoms with Crippen LogP contribution in [-0.2, 0) is 13.6 Å². The third kappa shape index (κ3) is 4.03. The van der Waals surface area contributed by atoms with Gasteiger partial charge in [0.1, 0.15) is 12.2 Å². The van der Waals surface area contributed by atoms with Crippen molar-refractivity contribution in [3.8, 4) is 0 Å². The maximum Gasteiger partial charge on any atom is 0.315 e. The number of aryl methyl sites for hydroxylation is 2. The van der Waals surface area contributed by atoms with Crippen LogP contribution in [0.15, 0.2) is 30.6 Å². The topological polar surface area (TPSA) is 92.1 Å². The molecule has 1 aromatic heterocycles. The monoisotopic (exact) mass is 289 g/mol. The number of amides is 2. The first-order valence-electron chi connectivity index (χ1n) is 6.66. The molecule has 7 heteroatoms. The Morgan fingerprint density at radius 2 is 2.14 bits per heavy atom. The van der Waals surface area contributed by atoms with Crippen LogP contribution in [0.2, 0.25) is 0 Å². The zero-order valence-corrected chi connectivity index (χ0v) is 12.1. The molecule has 3 N–H and O–H groups in total. The molecule has 1 atom stereocenters. The predicted octanol–water partition coefficient (Wildman–Crippen LogP) is 0.656. The van der Waals surface area contributed by atoms with Crippen molar-refractivity contribution in [2.75, 3.05) is 6.54 Å². The summed E-state index contributed by atoms with van der Waals surface area (Å²) in [6.45, 7) is 2.35. The van der Waals surface area contributed by atoms with Gasteiger partial charge in [0.15, 0.2) is 0 Å². The lowest BCUT2D eigenvalue weighted by atomic mass is 10.0. The van der Waals surface area contributed by atoms with E-state index in [-0.39, 0.29) is 19.1 Å². The van der Waals surface area contributed by atoms with Crippen LogP contribution >= 0.6 is 0 Å². The van der Waals surface area contributed by atoms with Crippen LogP contribution in [0.1, 0.15) is 23.1 Å². The van der Waals surface area contributed by atoms with E-state index in [0.717, 1.165) is 11.1 Å². The number of carbonyl (C=O) groups is 1. The first kappa shape index (κ1) is 15.0. The molecule has 0 saturated carbocycles. The Bertz CT molecular complexity index is 611. The Hall–Kier alpha value is -2.41. The van der Waals surface area contributed by atoms with Crippen LogP contribution in [0.5, 0.6) is 0 Å². The molecule has 0 aliphatic heterocycles. The van der Waals surface area contributed by atoms with Gasteiger partial charge in [0.2, 0.25) is 0 Å². The van der Waals surface area contributed by atoms with Gasteiger partial charge in [-0.1, -0.05) is 24.3 Å². The van der Waals surface area contributed by atoms with Gasteiger partial charge in [-0.15, -0.1) is 0 Å². The van der Waals surface area contributed by atoms with E-state index in [0.29, 0.717) is 5.82 Å². The average molecular weight is 289 g/mol. The lowest BCUT2D eigenvalue weighted by Gasteiger charge is -2.14. The van der Waals surface area contributed by atoms with E-state index < -0.39 is 6.10 Å². The molecule has 112 valence electrons. The number of hydrogen-bond donors (Lipinski definition) is 3. The molecule has 2 amide bonds. The summed E-state index contributed by atoms with van der Waals surface area (Å²) in [5, 5.41) is 19.3. The van der Waals surface area contributed by atoms with Gasteiger partial charge in [0, 0.05) is 13.6 Å². The second kappa shape index (κ2) is 6.85. The van der Waals surface area contributed by atoms with Gasteiger partial charge in [-0.05, 0) is 18.1 Å². The van der Waals surface area contributed by atoms with E-state index in [1.165, 1.54) is 6.33 Å². The highest BCUT2D eigenvalue weighted by atomic mass is 16.3. The third-order valence-corrected chi connectivity index (χ3v) is 3.22. The Morgan fingerprint density at radius 3 is 2.81 bits per heavy atom. The van der Waals surface area contributed by atoms with Crippen LogP contribution in [0.25, 0.3) is 0 Å². The molecule has 7 nitrogen and oxygen atoms in total. The third-order valence-electron chi connectivity index (χ3n) is 3.22. The minimum Gasteiger partial charge on any atom is -0.387 e. The molecule has 0 bridgehead atoms. The fourth-order valence-corrected chi connectivity index (χ4v) is 1.96. The molecule has 0 saturated heterocycles. The van der Waals surface area contributed by atoms with Gasteiger partial charge in [-0.25, -0.2) is 9.78 Å². The minimum absolute atomic E-state index is 0.148. The largest absolute Gasteiger partial charge is 0.387 e. The van der Waals surface area contributed by atoms with Gasteiger partial charge in [0.05, 0.1) is 12.6 Å². The number of aromatic nitrogens is 3. The molecular formula is C14H19N5O2. The molecule has 1 heterocycles. The van der Waals surface area contributed by atoms with Crippen LogP contribution in [-0.4, -0.2) is 32.4 Å². The summed E-state index contributed by atoms with van der Waals surface area (Å²) >= 11 is 0. The van der Waals surface area contributed by atoms with E-state index in [9.17, 15) is 9.90 Å². The van der Waals surface area contributed by atoms with Crippen LogP contribution in [0.4, 0.5) is 4.79 Å². The van der Waals surface area contributed by atoms with Crippen molar-refractivity contribution in [3.63, 3.8) is 0 Å². The number of nitrogens with zero attached hydrogens (tertiary/aromatic N) is 3. The molecule has 1 aromatic carbocycles. The summed E-state index contributed by atoms with van der Waals surface area (Å²) in [6.07, 6.45) is 0.698. The number of carbonyl (C=O) groups excluding carboxylic acids is 1. The number of aliphatic hydroxyl groups excluding tert-OH is 1. The van der Waals surface area contributed by atoms with Crippen molar-refractivity contribution in [2.45, 2.75) is 19.6 Å². The summed E-state index contributed by atoms with van der Waals surface area (Å²) < 4.78 is 1.59. The fourth-order valence-electron chi connectivity index (χ4n) is 1.96. The summed E-state index contributed by atoms with van der Waals surface area (Å²) in [4.78, 5) is 15.7. The zero-order chi connectivity index (χ0) is 15.2. The smallest absolute Gasteiger partial charge is 0.315 e. The van der Waals surface area contributed by atoms with Crippen molar-refractivity contribution < 1.29 is 9.90 Å². The van der Waals surface area contributed by atoms with E-state index in [4.69, 9.17) is 0 Å². The molecule has 0 spiro atoms. The second-order valence-corrected chi connectivity index (χ2v) is 4.74. The summed E-state index contributed by atoms with van der Waals surface area (Å²) in [5.74, 6) is 0.657. The van der Waals surface area contributed by atoms with Crippen molar-refractivity contribution >= 4 is 6.03 Å². The number of nitrogens with one attached hydrogen (secondary N) is 2. The maximum atomic E-state index is 11.7. The van der Waals surface area contributed by atoms with Gasteiger partial charge in [-0.2, -0.15) is 5.10 Å². The standard InChI is InChI=1S/C14H19N5O2/c1-10-5-3-4-6-11(10)12(20)7-15-14(21)16-8-13-17-9-18-19(13)2/h3-6,9,12,20H,7-8H2,1-2H3,(H2,15,16,21). The SMILES string of the molecule is Cc1ccccc1C(O)CNC(=O)NCc1ncnn1C. The Balaban J connectivity index is 1.79. The van der Waals surface area contributed by atoms with Crippen LogP contribution in [0, 0.1) is 6.92 Å². The lowest BCUT2D eigenvalue weighted by Crippen LogP contribution is -2.38. The van der Waals surface area contributed by atoms with Gasteiger partial charge in [-0.3, -0.25) is 4.68 Å². The summed E-state index contributed by atoms with van der Waals surface area (Å²) in [6, 6.07) is 7.18.